The quantitative estimate of drug-likeness (QED) is 0.256. The second-order valence-electron chi connectivity index (χ2n) is 7.91. The molecule has 1 unspecified atom stereocenters. The molecule has 1 heterocycles. The molecule has 0 saturated heterocycles. The van der Waals surface area contributed by atoms with Gasteiger partial charge in [-0.25, -0.2) is 13.1 Å². The fraction of sp³-hybridized carbons (Fsp3) is 0.174. The van der Waals surface area contributed by atoms with E-state index in [0.717, 1.165) is 16.1 Å². The molecule has 35 heavy (non-hydrogen) atoms. The molecule has 0 saturated carbocycles. The fourth-order valence-corrected chi connectivity index (χ4v) is 5.80. The number of nitro groups is 1. The minimum absolute atomic E-state index is 0.0702. The van der Waals surface area contributed by atoms with E-state index in [2.05, 4.69) is 25.8 Å². The van der Waals surface area contributed by atoms with E-state index in [1.165, 1.54) is 12.1 Å². The number of aryl methyl sites for hydroxylation is 1. The van der Waals surface area contributed by atoms with Gasteiger partial charge in [0.1, 0.15) is 0 Å². The molecule has 4 rings (SSSR count). The molecule has 0 aromatic heterocycles. The van der Waals surface area contributed by atoms with Crippen LogP contribution in [-0.2, 0) is 10.0 Å². The van der Waals surface area contributed by atoms with Gasteiger partial charge in [0.25, 0.3) is 5.69 Å². The summed E-state index contributed by atoms with van der Waals surface area (Å²) in [4.78, 5) is 10.3. The van der Waals surface area contributed by atoms with Gasteiger partial charge in [0.15, 0.2) is 0 Å². The van der Waals surface area contributed by atoms with Crippen LogP contribution in [0.1, 0.15) is 23.6 Å². The molecule has 0 bridgehead atoms. The Morgan fingerprint density at radius 3 is 2.51 bits per heavy atom. The molecule has 1 aliphatic heterocycles. The van der Waals surface area contributed by atoms with Gasteiger partial charge >= 0.3 is 0 Å². The van der Waals surface area contributed by atoms with Crippen molar-refractivity contribution in [1.29, 1.82) is 0 Å². The minimum atomic E-state index is -4.02. The maximum atomic E-state index is 13.0. The highest BCUT2D eigenvalue weighted by Crippen LogP contribution is 2.39. The Morgan fingerprint density at radius 1 is 1.14 bits per heavy atom. The average Bonchev–Trinajstić information content (AvgIpc) is 3.22. The zero-order valence-electron chi connectivity index (χ0n) is 18.3. The predicted octanol–water partition coefficient (Wildman–Crippen LogP) is 6.26. The SMILES string of the molecule is Cc1ccc([N+](=O)[O-])cc1S(=O)(=O)NCC1=NN(c2ccc(Cl)cc2Cl)C(c2ccc(Br)cc2)C1. The van der Waals surface area contributed by atoms with Gasteiger partial charge in [-0.05, 0) is 48.4 Å². The van der Waals surface area contributed by atoms with E-state index in [4.69, 9.17) is 23.2 Å². The molecule has 0 aliphatic carbocycles. The zero-order valence-corrected chi connectivity index (χ0v) is 22.2. The lowest BCUT2D eigenvalue weighted by Crippen LogP contribution is -2.29. The van der Waals surface area contributed by atoms with E-state index in [0.29, 0.717) is 33.4 Å². The number of nitrogens with one attached hydrogen (secondary N) is 1. The summed E-state index contributed by atoms with van der Waals surface area (Å²) in [5.74, 6) is 0. The van der Waals surface area contributed by atoms with E-state index in [1.807, 2.05) is 24.3 Å². The normalized spacial score (nSPS) is 15.8. The predicted molar refractivity (Wildman–Crippen MR) is 141 cm³/mol. The van der Waals surface area contributed by atoms with Crippen LogP contribution in [0.25, 0.3) is 0 Å². The number of hydrogen-bond acceptors (Lipinski definition) is 6. The monoisotopic (exact) mass is 596 g/mol. The lowest BCUT2D eigenvalue weighted by atomic mass is 10.0. The van der Waals surface area contributed by atoms with Crippen LogP contribution < -0.4 is 9.73 Å². The molecule has 0 fully saturated rings. The summed E-state index contributed by atoms with van der Waals surface area (Å²) in [5.41, 5.74) is 2.29. The van der Waals surface area contributed by atoms with Crippen molar-refractivity contribution >= 4 is 66.2 Å². The Hall–Kier alpha value is -2.50. The first kappa shape index (κ1) is 25.6. The first-order valence-electron chi connectivity index (χ1n) is 10.4. The van der Waals surface area contributed by atoms with Crippen molar-refractivity contribution in [3.05, 3.63) is 96.4 Å². The third-order valence-corrected chi connectivity index (χ3v) is 8.13. The van der Waals surface area contributed by atoms with Crippen LogP contribution in [0.3, 0.4) is 0 Å². The van der Waals surface area contributed by atoms with Crippen LogP contribution in [0.2, 0.25) is 10.0 Å². The topological polar surface area (TPSA) is 105 Å². The number of rotatable bonds is 7. The molecule has 182 valence electrons. The number of nitrogens with zero attached hydrogens (tertiary/aromatic N) is 3. The molecule has 1 aliphatic rings. The fourth-order valence-electron chi connectivity index (χ4n) is 3.76. The van der Waals surface area contributed by atoms with Gasteiger partial charge in [-0.2, -0.15) is 5.10 Å². The van der Waals surface area contributed by atoms with Crippen molar-refractivity contribution < 1.29 is 13.3 Å². The van der Waals surface area contributed by atoms with Gasteiger partial charge in [0.05, 0.1) is 38.8 Å². The summed E-state index contributed by atoms with van der Waals surface area (Å²) in [6.45, 7) is 1.51. The van der Waals surface area contributed by atoms with Crippen LogP contribution in [0.4, 0.5) is 11.4 Å². The number of nitro benzene ring substituents is 1. The maximum absolute atomic E-state index is 13.0. The summed E-state index contributed by atoms with van der Waals surface area (Å²) >= 11 is 16.0. The Labute approximate surface area is 220 Å². The van der Waals surface area contributed by atoms with Gasteiger partial charge in [-0.1, -0.05) is 57.3 Å². The van der Waals surface area contributed by atoms with Crippen molar-refractivity contribution in [2.45, 2.75) is 24.3 Å². The number of benzene rings is 3. The smallest absolute Gasteiger partial charge is 0.258 e. The largest absolute Gasteiger partial charge is 0.270 e. The minimum Gasteiger partial charge on any atom is -0.258 e. The highest BCUT2D eigenvalue weighted by Gasteiger charge is 2.31. The molecule has 0 amide bonds. The van der Waals surface area contributed by atoms with Crippen LogP contribution >= 0.6 is 39.1 Å². The average molecular weight is 598 g/mol. The van der Waals surface area contributed by atoms with Gasteiger partial charge in [0, 0.05) is 28.0 Å². The van der Waals surface area contributed by atoms with Crippen LogP contribution in [0, 0.1) is 17.0 Å². The number of hydrazone groups is 1. The number of anilines is 1. The highest BCUT2D eigenvalue weighted by atomic mass is 79.9. The summed E-state index contributed by atoms with van der Waals surface area (Å²) < 4.78 is 29.4. The van der Waals surface area contributed by atoms with Crippen molar-refractivity contribution in [3.63, 3.8) is 0 Å². The number of hydrogen-bond donors (Lipinski definition) is 1. The van der Waals surface area contributed by atoms with Crippen molar-refractivity contribution in [2.75, 3.05) is 11.6 Å². The summed E-state index contributed by atoms with van der Waals surface area (Å²) in [5, 5.41) is 18.4. The second kappa shape index (κ2) is 10.2. The zero-order chi connectivity index (χ0) is 25.3. The Balaban J connectivity index is 1.63. The first-order valence-corrected chi connectivity index (χ1v) is 13.4. The van der Waals surface area contributed by atoms with Gasteiger partial charge in [-0.3, -0.25) is 15.1 Å². The Bertz CT molecular complexity index is 1430. The Morgan fingerprint density at radius 2 is 1.86 bits per heavy atom. The molecular formula is C23H19BrCl2N4O4S. The van der Waals surface area contributed by atoms with Crippen molar-refractivity contribution in [1.82, 2.24) is 4.72 Å². The van der Waals surface area contributed by atoms with Gasteiger partial charge < -0.3 is 0 Å². The van der Waals surface area contributed by atoms with Crippen LogP contribution in [0.15, 0.2) is 75.1 Å². The molecule has 12 heteroatoms. The molecule has 0 spiro atoms. The second-order valence-corrected chi connectivity index (χ2v) is 11.4. The Kier molecular flexibility index (Phi) is 7.48. The molecule has 3 aromatic carbocycles. The van der Waals surface area contributed by atoms with E-state index in [9.17, 15) is 18.5 Å². The van der Waals surface area contributed by atoms with Crippen molar-refractivity contribution in [2.24, 2.45) is 5.10 Å². The van der Waals surface area contributed by atoms with Gasteiger partial charge in [-0.15, -0.1) is 0 Å². The van der Waals surface area contributed by atoms with Crippen LogP contribution in [0.5, 0.6) is 0 Å². The van der Waals surface area contributed by atoms with Crippen molar-refractivity contribution in [3.8, 4) is 0 Å². The molecule has 3 aromatic rings. The number of sulfonamides is 1. The third-order valence-electron chi connectivity index (χ3n) is 5.52. The van der Waals surface area contributed by atoms with E-state index < -0.39 is 14.9 Å². The van der Waals surface area contributed by atoms with E-state index in [1.54, 1.807) is 30.1 Å². The van der Waals surface area contributed by atoms with Crippen LogP contribution in [-0.4, -0.2) is 25.6 Å². The maximum Gasteiger partial charge on any atom is 0.270 e. The molecule has 1 N–H and O–H groups in total. The highest BCUT2D eigenvalue weighted by molar-refractivity contribution is 9.10. The first-order chi connectivity index (χ1) is 16.5. The standard InChI is InChI=1S/C23H19BrCl2N4O4S/c1-14-2-8-19(30(31)32)12-23(14)35(33,34)27-13-18-11-22(15-3-5-16(24)6-4-15)29(28-18)21-9-7-17(25)10-20(21)26/h2-10,12,22,27H,11,13H2,1H3. The third kappa shape index (κ3) is 5.68. The lowest BCUT2D eigenvalue weighted by molar-refractivity contribution is -0.385. The van der Waals surface area contributed by atoms with E-state index in [-0.39, 0.29) is 23.2 Å². The lowest BCUT2D eigenvalue weighted by Gasteiger charge is -2.25. The molecule has 8 nitrogen and oxygen atoms in total. The molecule has 0 radical (unpaired) electrons. The molecular weight excluding hydrogens is 579 g/mol. The number of non-ortho nitro benzene ring substituents is 1. The van der Waals surface area contributed by atoms with Gasteiger partial charge in [0.2, 0.25) is 10.0 Å². The summed E-state index contributed by atoms with van der Waals surface area (Å²) in [7, 11) is -4.02. The molecule has 1 atom stereocenters. The number of halogens is 3. The summed E-state index contributed by atoms with van der Waals surface area (Å²) in [6, 6.07) is 16.4. The summed E-state index contributed by atoms with van der Waals surface area (Å²) in [6.07, 6.45) is 0.441. The van der Waals surface area contributed by atoms with E-state index >= 15 is 0 Å².